The van der Waals surface area contributed by atoms with E-state index in [4.69, 9.17) is 0 Å². The lowest BCUT2D eigenvalue weighted by molar-refractivity contribution is -0.363. The number of aromatic amines is 1. The van der Waals surface area contributed by atoms with Gasteiger partial charge < -0.3 is 4.74 Å². The highest BCUT2D eigenvalue weighted by Gasteiger charge is 2.67. The molecule has 2 rings (SSSR count). The summed E-state index contributed by atoms with van der Waals surface area (Å²) in [6, 6.07) is 10.2. The lowest BCUT2D eigenvalue weighted by Crippen LogP contribution is -2.69. The summed E-state index contributed by atoms with van der Waals surface area (Å²) in [7, 11) is 0.804. The van der Waals surface area contributed by atoms with Crippen molar-refractivity contribution in [3.63, 3.8) is 0 Å². The zero-order valence-corrected chi connectivity index (χ0v) is 14.0. The number of rotatable bonds is 5. The number of pyridine rings is 1. The van der Waals surface area contributed by atoms with Crippen molar-refractivity contribution >= 4 is 17.7 Å². The van der Waals surface area contributed by atoms with Crippen molar-refractivity contribution in [2.45, 2.75) is 18.8 Å². The molecular weight excluding hydrogens is 351 g/mol. The van der Waals surface area contributed by atoms with E-state index >= 15 is 0 Å². The summed E-state index contributed by atoms with van der Waals surface area (Å²) in [4.78, 5) is 27.0. The first-order valence-corrected chi connectivity index (χ1v) is 7.49. The fourth-order valence-corrected chi connectivity index (χ4v) is 2.25. The highest BCUT2D eigenvalue weighted by Crippen LogP contribution is 2.32. The third-order valence-corrected chi connectivity index (χ3v) is 3.53. The van der Waals surface area contributed by atoms with E-state index in [9.17, 15) is 22.8 Å². The van der Waals surface area contributed by atoms with Crippen molar-refractivity contribution in [1.29, 1.82) is 0 Å². The maximum Gasteiger partial charge on any atom is 0.464 e. The van der Waals surface area contributed by atoms with Gasteiger partial charge in [-0.2, -0.15) is 13.2 Å². The van der Waals surface area contributed by atoms with Gasteiger partial charge in [-0.3, -0.25) is 10.1 Å². The molecule has 26 heavy (non-hydrogen) atoms. The number of ether oxygens (including phenoxy) is 1. The quantitative estimate of drug-likeness (QED) is 0.625. The molecule has 138 valence electrons. The minimum atomic E-state index is -5.19. The third kappa shape index (κ3) is 3.93. The van der Waals surface area contributed by atoms with Gasteiger partial charge in [-0.15, -0.1) is 0 Å². The Morgan fingerprint density at radius 2 is 1.85 bits per heavy atom. The van der Waals surface area contributed by atoms with E-state index in [1.165, 1.54) is 36.5 Å². The summed E-state index contributed by atoms with van der Waals surface area (Å²) >= 11 is 0. The molecule has 3 N–H and O–H groups in total. The van der Waals surface area contributed by atoms with Gasteiger partial charge in [0.2, 0.25) is 0 Å². The summed E-state index contributed by atoms with van der Waals surface area (Å²) in [6.45, 7) is 1.69. The molecule has 0 spiro atoms. The van der Waals surface area contributed by atoms with Gasteiger partial charge in [0.1, 0.15) is 0 Å². The molecule has 0 aliphatic heterocycles. The molecule has 9 heteroatoms. The summed E-state index contributed by atoms with van der Waals surface area (Å²) in [5, 5.41) is 3.75. The van der Waals surface area contributed by atoms with Crippen molar-refractivity contribution in [3.05, 3.63) is 59.8 Å². The van der Waals surface area contributed by atoms with Gasteiger partial charge in [-0.1, -0.05) is 23.8 Å². The van der Waals surface area contributed by atoms with E-state index in [0.29, 0.717) is 5.56 Å². The van der Waals surface area contributed by atoms with E-state index in [2.05, 4.69) is 9.72 Å². The molecular formula is C17H17F3N3O3+. The number of hydrogen-bond acceptors (Lipinski definition) is 4. The Kier molecular flexibility index (Phi) is 5.49. The number of esters is 1. The molecule has 0 fully saturated rings. The number of hydrogen-bond donors (Lipinski definition) is 2. The molecule has 0 saturated carbocycles. The Balaban J connectivity index is 2.48. The lowest BCUT2D eigenvalue weighted by Gasteiger charge is -2.30. The molecule has 1 aromatic carbocycles. The van der Waals surface area contributed by atoms with Crippen molar-refractivity contribution in [1.82, 2.24) is 5.32 Å². The van der Waals surface area contributed by atoms with Crippen LogP contribution in [0.3, 0.4) is 0 Å². The van der Waals surface area contributed by atoms with Crippen LogP contribution in [0, 0.1) is 6.92 Å². The maximum absolute atomic E-state index is 13.9. The first-order chi connectivity index (χ1) is 12.2. The van der Waals surface area contributed by atoms with Gasteiger partial charge >= 0.3 is 17.8 Å². The number of nitrogens with one attached hydrogen (secondary N) is 3. The van der Waals surface area contributed by atoms with Crippen LogP contribution in [-0.4, -0.2) is 30.8 Å². The van der Waals surface area contributed by atoms with Crippen LogP contribution in [-0.2, 0) is 9.53 Å². The Labute approximate surface area is 147 Å². The van der Waals surface area contributed by atoms with Gasteiger partial charge in [0.15, 0.2) is 0 Å². The number of carbonyl (C=O) groups excluding carboxylic acids is 2. The largest absolute Gasteiger partial charge is 0.464 e. The van der Waals surface area contributed by atoms with Gasteiger partial charge in [-0.05, 0) is 25.1 Å². The highest BCUT2D eigenvalue weighted by atomic mass is 19.4. The number of amides is 1. The number of aromatic nitrogens is 1. The average molecular weight is 368 g/mol. The zero-order chi connectivity index (χ0) is 19.4. The SMILES string of the molecule is COC(=O)[C@@](NC(=O)c1cccc(C)c1)(Nc1cccc[nH+]1)C(F)(F)F. The second kappa shape index (κ2) is 7.42. The average Bonchev–Trinajstić information content (AvgIpc) is 2.60. The van der Waals surface area contributed by atoms with Crippen LogP contribution in [0.4, 0.5) is 19.0 Å². The number of carbonyl (C=O) groups is 2. The summed E-state index contributed by atoms with van der Waals surface area (Å²) in [5.74, 6) is -2.93. The molecule has 0 aliphatic rings. The van der Waals surface area contributed by atoms with Crippen LogP contribution in [0.25, 0.3) is 0 Å². The molecule has 2 aromatic rings. The standard InChI is InChI=1S/C17H16F3N3O3/c1-11-6-5-7-12(10-11)14(24)23-16(15(25)26-2,17(18,19)20)22-13-8-3-4-9-21-13/h3-10H,1-2H3,(H,21,22)(H,23,24)/p+1/t16-/m0/s1. The van der Waals surface area contributed by atoms with Crippen LogP contribution in [0.1, 0.15) is 15.9 Å². The van der Waals surface area contributed by atoms with Crippen LogP contribution in [0.15, 0.2) is 48.7 Å². The van der Waals surface area contributed by atoms with Crippen molar-refractivity contribution in [2.24, 2.45) is 0 Å². The number of aryl methyl sites for hydroxylation is 1. The number of anilines is 1. The van der Waals surface area contributed by atoms with Crippen LogP contribution >= 0.6 is 0 Å². The van der Waals surface area contributed by atoms with E-state index in [0.717, 1.165) is 7.11 Å². The number of benzene rings is 1. The fourth-order valence-electron chi connectivity index (χ4n) is 2.25. The maximum atomic E-state index is 13.9. The molecule has 6 nitrogen and oxygen atoms in total. The summed E-state index contributed by atoms with van der Waals surface area (Å²) < 4.78 is 45.9. The molecule has 1 amide bonds. The Bertz CT molecular complexity index is 797. The number of alkyl halides is 3. The summed E-state index contributed by atoms with van der Waals surface area (Å²) in [5.41, 5.74) is -2.82. The minimum Gasteiger partial charge on any atom is -0.464 e. The molecule has 0 saturated heterocycles. The molecule has 0 unspecified atom stereocenters. The lowest BCUT2D eigenvalue weighted by atomic mass is 10.1. The van der Waals surface area contributed by atoms with E-state index < -0.39 is 23.7 Å². The van der Waals surface area contributed by atoms with Gasteiger partial charge in [0, 0.05) is 11.6 Å². The van der Waals surface area contributed by atoms with E-state index in [-0.39, 0.29) is 11.4 Å². The second-order valence-corrected chi connectivity index (χ2v) is 5.46. The number of methoxy groups -OCH3 is 1. The zero-order valence-electron chi connectivity index (χ0n) is 14.0. The minimum absolute atomic E-state index is 0.0265. The Morgan fingerprint density at radius 1 is 1.12 bits per heavy atom. The topological polar surface area (TPSA) is 81.6 Å². The van der Waals surface area contributed by atoms with Crippen LogP contribution < -0.4 is 15.6 Å². The van der Waals surface area contributed by atoms with Crippen LogP contribution in [0.2, 0.25) is 0 Å². The van der Waals surface area contributed by atoms with Crippen molar-refractivity contribution < 1.29 is 32.5 Å². The molecule has 0 bridgehead atoms. The molecule has 1 atom stereocenters. The van der Waals surface area contributed by atoms with Crippen molar-refractivity contribution in [3.8, 4) is 0 Å². The van der Waals surface area contributed by atoms with Crippen molar-refractivity contribution in [2.75, 3.05) is 12.4 Å². The first-order valence-electron chi connectivity index (χ1n) is 7.49. The number of H-pyrrole nitrogens is 1. The van der Waals surface area contributed by atoms with Gasteiger partial charge in [0.25, 0.3) is 11.7 Å². The third-order valence-electron chi connectivity index (χ3n) is 3.53. The molecule has 1 heterocycles. The predicted molar refractivity (Wildman–Crippen MR) is 86.1 cm³/mol. The second-order valence-electron chi connectivity index (χ2n) is 5.46. The molecule has 0 aliphatic carbocycles. The summed E-state index contributed by atoms with van der Waals surface area (Å²) in [6.07, 6.45) is -3.83. The van der Waals surface area contributed by atoms with E-state index in [1.807, 2.05) is 5.32 Å². The smallest absolute Gasteiger partial charge is 0.464 e. The van der Waals surface area contributed by atoms with Crippen LogP contribution in [0.5, 0.6) is 0 Å². The Hall–Kier alpha value is -3.10. The first kappa shape index (κ1) is 19.2. The fraction of sp³-hybridized carbons (Fsp3) is 0.235. The van der Waals surface area contributed by atoms with Gasteiger partial charge in [-0.25, -0.2) is 15.1 Å². The molecule has 0 radical (unpaired) electrons. The monoisotopic (exact) mass is 368 g/mol. The molecule has 1 aromatic heterocycles. The van der Waals surface area contributed by atoms with Gasteiger partial charge in [0.05, 0.1) is 13.3 Å². The van der Waals surface area contributed by atoms with E-state index in [1.54, 1.807) is 24.4 Å². The Morgan fingerprint density at radius 3 is 2.38 bits per heavy atom. The normalized spacial score (nSPS) is 13.4. The predicted octanol–water partition coefficient (Wildman–Crippen LogP) is 2.08. The highest BCUT2D eigenvalue weighted by molar-refractivity contribution is 5.99. The number of halogens is 3.